The third-order valence-corrected chi connectivity index (χ3v) is 3.13. The molecule has 1 rings (SSSR count). The maximum Gasteiger partial charge on any atom is 0.271 e. The van der Waals surface area contributed by atoms with E-state index in [2.05, 4.69) is 6.58 Å². The summed E-state index contributed by atoms with van der Waals surface area (Å²) in [7, 11) is -3.62. The van der Waals surface area contributed by atoms with Gasteiger partial charge in [0, 0.05) is 17.5 Å². The zero-order valence-corrected chi connectivity index (χ0v) is 8.82. The van der Waals surface area contributed by atoms with Gasteiger partial charge < -0.3 is 0 Å². The molecular formula is C9H9NO4S. The Morgan fingerprint density at radius 1 is 1.40 bits per heavy atom. The van der Waals surface area contributed by atoms with Gasteiger partial charge in [-0.2, -0.15) is 0 Å². The van der Waals surface area contributed by atoms with Gasteiger partial charge in [0.25, 0.3) is 5.69 Å². The molecule has 0 aromatic heterocycles. The minimum absolute atomic E-state index is 0.107. The van der Waals surface area contributed by atoms with Crippen molar-refractivity contribution in [2.24, 2.45) is 0 Å². The lowest BCUT2D eigenvalue weighted by molar-refractivity contribution is -0.385. The molecule has 5 nitrogen and oxygen atoms in total. The number of non-ortho nitro benzene ring substituents is 1. The van der Waals surface area contributed by atoms with Gasteiger partial charge in [-0.05, 0) is 18.6 Å². The molecule has 0 amide bonds. The van der Waals surface area contributed by atoms with Gasteiger partial charge in [0.2, 0.25) is 0 Å². The minimum atomic E-state index is -3.62. The second-order valence-corrected chi connectivity index (χ2v) is 4.87. The minimum Gasteiger partial charge on any atom is -0.258 e. The molecule has 0 aliphatic heterocycles. The lowest BCUT2D eigenvalue weighted by Gasteiger charge is -2.00. The number of sulfone groups is 1. The monoisotopic (exact) mass is 227 g/mol. The molecule has 0 aliphatic carbocycles. The molecule has 0 radical (unpaired) electrons. The van der Waals surface area contributed by atoms with E-state index in [0.717, 1.165) is 11.5 Å². The first-order chi connectivity index (χ1) is 6.86. The van der Waals surface area contributed by atoms with E-state index < -0.39 is 14.8 Å². The highest BCUT2D eigenvalue weighted by Gasteiger charge is 2.15. The highest BCUT2D eigenvalue weighted by Crippen LogP contribution is 2.21. The third kappa shape index (κ3) is 2.41. The number of nitro groups is 1. The van der Waals surface area contributed by atoms with Crippen LogP contribution in [-0.2, 0) is 9.84 Å². The van der Waals surface area contributed by atoms with Crippen LogP contribution in [0.3, 0.4) is 0 Å². The molecule has 1 aromatic rings. The van der Waals surface area contributed by atoms with Crippen LogP contribution >= 0.6 is 0 Å². The van der Waals surface area contributed by atoms with Gasteiger partial charge in [0.1, 0.15) is 0 Å². The van der Waals surface area contributed by atoms with E-state index in [9.17, 15) is 18.5 Å². The first-order valence-electron chi connectivity index (χ1n) is 4.00. The molecule has 0 unspecified atom stereocenters. The molecule has 0 aliphatic rings. The van der Waals surface area contributed by atoms with E-state index in [1.807, 2.05) is 0 Å². The highest BCUT2D eigenvalue weighted by molar-refractivity contribution is 7.94. The lowest BCUT2D eigenvalue weighted by atomic mass is 10.2. The second kappa shape index (κ2) is 3.82. The maximum absolute atomic E-state index is 11.4. The van der Waals surface area contributed by atoms with Crippen LogP contribution < -0.4 is 0 Å². The molecule has 80 valence electrons. The zero-order chi connectivity index (χ0) is 11.6. The van der Waals surface area contributed by atoms with Crippen molar-refractivity contribution in [3.05, 3.63) is 45.9 Å². The molecule has 1 aromatic carbocycles. The predicted octanol–water partition coefficient (Wildman–Crippen LogP) is 1.82. The smallest absolute Gasteiger partial charge is 0.258 e. The van der Waals surface area contributed by atoms with Crippen molar-refractivity contribution in [1.29, 1.82) is 0 Å². The Bertz CT molecular complexity index is 519. The van der Waals surface area contributed by atoms with Crippen molar-refractivity contribution in [2.75, 3.05) is 0 Å². The van der Waals surface area contributed by atoms with E-state index in [1.54, 1.807) is 6.92 Å². The van der Waals surface area contributed by atoms with Crippen LogP contribution in [0.4, 0.5) is 5.69 Å². The fourth-order valence-corrected chi connectivity index (χ4v) is 1.92. The van der Waals surface area contributed by atoms with E-state index in [1.165, 1.54) is 12.1 Å². The maximum atomic E-state index is 11.4. The van der Waals surface area contributed by atoms with Gasteiger partial charge >= 0.3 is 0 Å². The van der Waals surface area contributed by atoms with Crippen LogP contribution in [0.5, 0.6) is 0 Å². The van der Waals surface area contributed by atoms with Gasteiger partial charge in [-0.1, -0.05) is 6.58 Å². The summed E-state index contributed by atoms with van der Waals surface area (Å²) >= 11 is 0. The number of rotatable bonds is 3. The van der Waals surface area contributed by atoms with Crippen LogP contribution in [0, 0.1) is 17.0 Å². The van der Waals surface area contributed by atoms with Crippen molar-refractivity contribution >= 4 is 15.5 Å². The normalized spacial score (nSPS) is 11.0. The first kappa shape index (κ1) is 11.4. The van der Waals surface area contributed by atoms with Crippen LogP contribution in [-0.4, -0.2) is 13.3 Å². The van der Waals surface area contributed by atoms with Crippen molar-refractivity contribution in [3.63, 3.8) is 0 Å². The fourth-order valence-electron chi connectivity index (χ4n) is 1.09. The summed E-state index contributed by atoms with van der Waals surface area (Å²) in [6.45, 7) is 4.75. The summed E-state index contributed by atoms with van der Waals surface area (Å²) in [5.41, 5.74) is 0.278. The van der Waals surface area contributed by atoms with Crippen LogP contribution in [0.1, 0.15) is 5.56 Å². The van der Waals surface area contributed by atoms with Gasteiger partial charge in [-0.3, -0.25) is 10.1 Å². The predicted molar refractivity (Wildman–Crippen MR) is 55.2 cm³/mol. The number of hydrogen-bond acceptors (Lipinski definition) is 4. The quantitative estimate of drug-likeness (QED) is 0.583. The Morgan fingerprint density at radius 3 is 2.47 bits per heavy atom. The summed E-state index contributed by atoms with van der Waals surface area (Å²) in [5.74, 6) is 0. The fraction of sp³-hybridized carbons (Fsp3) is 0.111. The van der Waals surface area contributed by atoms with Gasteiger partial charge in [0.05, 0.1) is 9.82 Å². The zero-order valence-electron chi connectivity index (χ0n) is 8.00. The van der Waals surface area contributed by atoms with Crippen molar-refractivity contribution < 1.29 is 13.3 Å². The second-order valence-electron chi connectivity index (χ2n) is 2.97. The van der Waals surface area contributed by atoms with Crippen molar-refractivity contribution in [1.82, 2.24) is 0 Å². The van der Waals surface area contributed by atoms with E-state index in [4.69, 9.17) is 0 Å². The van der Waals surface area contributed by atoms with E-state index in [-0.39, 0.29) is 10.6 Å². The Morgan fingerprint density at radius 2 is 2.00 bits per heavy atom. The number of aryl methyl sites for hydroxylation is 1. The summed E-state index contributed by atoms with van der Waals surface area (Å²) in [6, 6.07) is 3.69. The summed E-state index contributed by atoms with van der Waals surface area (Å²) in [5, 5.41) is 11.3. The largest absolute Gasteiger partial charge is 0.271 e. The van der Waals surface area contributed by atoms with E-state index in [0.29, 0.717) is 5.56 Å². The molecular weight excluding hydrogens is 218 g/mol. The molecule has 6 heteroatoms. The van der Waals surface area contributed by atoms with Crippen LogP contribution in [0.2, 0.25) is 0 Å². The number of hydrogen-bond donors (Lipinski definition) is 0. The molecule has 0 N–H and O–H groups in total. The van der Waals surface area contributed by atoms with Gasteiger partial charge in [0.15, 0.2) is 9.84 Å². The van der Waals surface area contributed by atoms with Crippen molar-refractivity contribution in [2.45, 2.75) is 11.8 Å². The van der Waals surface area contributed by atoms with Crippen molar-refractivity contribution in [3.8, 4) is 0 Å². The van der Waals surface area contributed by atoms with E-state index >= 15 is 0 Å². The first-order valence-corrected chi connectivity index (χ1v) is 5.55. The average Bonchev–Trinajstić information content (AvgIpc) is 2.16. The Hall–Kier alpha value is -1.69. The van der Waals surface area contributed by atoms with Gasteiger partial charge in [-0.25, -0.2) is 8.42 Å². The number of benzene rings is 1. The summed E-state index contributed by atoms with van der Waals surface area (Å²) in [4.78, 5) is 9.77. The van der Waals surface area contributed by atoms with Crippen LogP contribution in [0.15, 0.2) is 35.1 Å². The topological polar surface area (TPSA) is 77.3 Å². The average molecular weight is 227 g/mol. The van der Waals surface area contributed by atoms with Crippen LogP contribution in [0.25, 0.3) is 0 Å². The molecule has 0 atom stereocenters. The molecule has 0 heterocycles. The number of nitrogens with zero attached hydrogens (tertiary/aromatic N) is 1. The Balaban J connectivity index is 3.46. The third-order valence-electron chi connectivity index (χ3n) is 1.79. The molecule has 0 saturated heterocycles. The van der Waals surface area contributed by atoms with Gasteiger partial charge in [-0.15, -0.1) is 0 Å². The summed E-state index contributed by atoms with van der Waals surface area (Å²) in [6.07, 6.45) is 0. The standard InChI is InChI=1S/C9H9NO4S/c1-3-15(13,14)9-5-7(2)4-8(6-9)10(11)12/h3-6H,1H2,2H3. The Labute approximate surface area is 87.1 Å². The number of nitro benzene ring substituents is 1. The molecule has 0 bridgehead atoms. The summed E-state index contributed by atoms with van der Waals surface area (Å²) < 4.78 is 22.8. The lowest BCUT2D eigenvalue weighted by Crippen LogP contribution is -1.98. The Kier molecular flexibility index (Phi) is 2.90. The molecule has 15 heavy (non-hydrogen) atoms. The molecule has 0 spiro atoms. The molecule has 0 saturated carbocycles. The molecule has 0 fully saturated rings. The highest BCUT2D eigenvalue weighted by atomic mass is 32.2. The SMILES string of the molecule is C=CS(=O)(=O)c1cc(C)cc([N+](=O)[O-])c1.